The number of rotatable bonds is 7. The molecule has 0 bridgehead atoms. The average Bonchev–Trinajstić information content (AvgIpc) is 2.98. The fourth-order valence-electron chi connectivity index (χ4n) is 2.47. The number of hydrogen-bond acceptors (Lipinski definition) is 5. The number of hydrogen-bond donors (Lipinski definition) is 3. The van der Waals surface area contributed by atoms with Gasteiger partial charge in [0.25, 0.3) is 10.0 Å². The van der Waals surface area contributed by atoms with E-state index in [4.69, 9.17) is 0 Å². The molecule has 1 atom stereocenters. The van der Waals surface area contributed by atoms with Crippen LogP contribution in [0.4, 0.5) is 0 Å². The number of thioether (sulfide) groups is 1. The van der Waals surface area contributed by atoms with Crippen LogP contribution in [0.5, 0.6) is 0 Å². The van der Waals surface area contributed by atoms with Crippen molar-refractivity contribution in [1.29, 1.82) is 0 Å². The summed E-state index contributed by atoms with van der Waals surface area (Å²) in [5.74, 6) is 1.13. The fourth-order valence-corrected chi connectivity index (χ4v) is 5.05. The Hall–Kier alpha value is -0.570. The first-order valence-corrected chi connectivity index (χ1v) is 9.98. The monoisotopic (exact) mass is 330 g/mol. The molecule has 1 unspecified atom stereocenters. The molecule has 1 aromatic heterocycles. The average molecular weight is 330 g/mol. The van der Waals surface area contributed by atoms with Gasteiger partial charge in [-0.25, -0.2) is 13.1 Å². The number of aryl methyl sites for hydroxylation is 1. The third-order valence-electron chi connectivity index (χ3n) is 3.96. The lowest BCUT2D eigenvalue weighted by atomic mass is 10.2. The molecule has 8 heteroatoms. The smallest absolute Gasteiger partial charge is 0.260 e. The minimum Gasteiger partial charge on any atom is -0.310 e. The lowest BCUT2D eigenvalue weighted by Crippen LogP contribution is -2.31. The highest BCUT2D eigenvalue weighted by molar-refractivity contribution is 8.00. The number of nitrogens with zero attached hydrogens (tertiary/aromatic N) is 1. The van der Waals surface area contributed by atoms with Crippen molar-refractivity contribution in [3.05, 3.63) is 11.3 Å². The molecule has 21 heavy (non-hydrogen) atoms. The first-order valence-electron chi connectivity index (χ1n) is 7.45. The van der Waals surface area contributed by atoms with Gasteiger partial charge in [0.2, 0.25) is 0 Å². The van der Waals surface area contributed by atoms with Gasteiger partial charge in [0.05, 0.1) is 0 Å². The Kier molecular flexibility index (Phi) is 4.58. The van der Waals surface area contributed by atoms with E-state index in [-0.39, 0.29) is 5.03 Å². The predicted molar refractivity (Wildman–Crippen MR) is 83.9 cm³/mol. The van der Waals surface area contributed by atoms with Crippen LogP contribution >= 0.6 is 11.8 Å². The molecular weight excluding hydrogens is 308 g/mol. The quantitative estimate of drug-likeness (QED) is 0.698. The topological polar surface area (TPSA) is 86.9 Å². The lowest BCUT2D eigenvalue weighted by molar-refractivity contribution is 0.571. The zero-order valence-electron chi connectivity index (χ0n) is 12.2. The van der Waals surface area contributed by atoms with Crippen molar-refractivity contribution in [3.63, 3.8) is 0 Å². The molecule has 1 aliphatic carbocycles. The van der Waals surface area contributed by atoms with E-state index < -0.39 is 10.0 Å². The Morgan fingerprint density at radius 2 is 2.19 bits per heavy atom. The number of H-pyrrole nitrogens is 1. The van der Waals surface area contributed by atoms with Gasteiger partial charge in [0.15, 0.2) is 5.03 Å². The van der Waals surface area contributed by atoms with Crippen LogP contribution in [0.2, 0.25) is 0 Å². The molecule has 0 spiro atoms. The zero-order chi connectivity index (χ0) is 14.9. The van der Waals surface area contributed by atoms with E-state index in [1.54, 1.807) is 0 Å². The highest BCUT2D eigenvalue weighted by Crippen LogP contribution is 2.26. The summed E-state index contributed by atoms with van der Waals surface area (Å²) >= 11 is 1.84. The van der Waals surface area contributed by atoms with Crippen LogP contribution < -0.4 is 10.0 Å². The standard InChI is InChI=1S/C13H22N4O2S2/c1-9-12(8-14-10-4-5-10)13(17-16-9)21(18,19)15-7-11-3-2-6-20-11/h10-11,14-15H,2-8H2,1H3,(H,16,17). The van der Waals surface area contributed by atoms with Gasteiger partial charge in [0.1, 0.15) is 0 Å². The number of aromatic nitrogens is 2. The van der Waals surface area contributed by atoms with Gasteiger partial charge in [-0.1, -0.05) is 0 Å². The molecule has 0 amide bonds. The molecule has 1 aromatic rings. The first-order chi connectivity index (χ1) is 10.1. The van der Waals surface area contributed by atoms with Gasteiger partial charge >= 0.3 is 0 Å². The summed E-state index contributed by atoms with van der Waals surface area (Å²) in [6, 6.07) is 0.540. The van der Waals surface area contributed by atoms with Gasteiger partial charge in [0, 0.05) is 35.6 Å². The molecule has 2 fully saturated rings. The highest BCUT2D eigenvalue weighted by atomic mass is 32.2. The molecule has 118 valence electrons. The second-order valence-electron chi connectivity index (χ2n) is 5.77. The number of nitrogens with one attached hydrogen (secondary N) is 3. The SMILES string of the molecule is Cc1[nH]nc(S(=O)(=O)NCC2CCCS2)c1CNC1CC1. The van der Waals surface area contributed by atoms with Crippen LogP contribution in [0, 0.1) is 6.92 Å². The van der Waals surface area contributed by atoms with E-state index in [0.717, 1.165) is 23.4 Å². The van der Waals surface area contributed by atoms with E-state index >= 15 is 0 Å². The van der Waals surface area contributed by atoms with Crippen LogP contribution in [0.3, 0.4) is 0 Å². The Balaban J connectivity index is 1.68. The van der Waals surface area contributed by atoms with Gasteiger partial charge < -0.3 is 5.32 Å². The fraction of sp³-hybridized carbons (Fsp3) is 0.769. The maximum absolute atomic E-state index is 12.5. The van der Waals surface area contributed by atoms with E-state index in [1.807, 2.05) is 18.7 Å². The Morgan fingerprint density at radius 1 is 1.38 bits per heavy atom. The summed E-state index contributed by atoms with van der Waals surface area (Å²) in [5.41, 5.74) is 1.58. The van der Waals surface area contributed by atoms with Crippen molar-refractivity contribution >= 4 is 21.8 Å². The van der Waals surface area contributed by atoms with Crippen molar-refractivity contribution < 1.29 is 8.42 Å². The van der Waals surface area contributed by atoms with Crippen LogP contribution in [-0.4, -0.2) is 42.2 Å². The third kappa shape index (κ3) is 3.80. The first kappa shape index (κ1) is 15.3. The molecule has 1 saturated carbocycles. The summed E-state index contributed by atoms with van der Waals surface area (Å²) in [6.07, 6.45) is 4.62. The van der Waals surface area contributed by atoms with Crippen molar-refractivity contribution in [1.82, 2.24) is 20.2 Å². The molecule has 2 heterocycles. The van der Waals surface area contributed by atoms with Crippen molar-refractivity contribution in [2.75, 3.05) is 12.3 Å². The second kappa shape index (κ2) is 6.28. The van der Waals surface area contributed by atoms with E-state index in [9.17, 15) is 8.42 Å². The van der Waals surface area contributed by atoms with Crippen molar-refractivity contribution in [2.45, 2.75) is 55.5 Å². The maximum Gasteiger partial charge on any atom is 0.260 e. The molecule has 1 aliphatic heterocycles. The summed E-state index contributed by atoms with van der Waals surface area (Å²) in [5, 5.41) is 10.7. The third-order valence-corrected chi connectivity index (χ3v) is 6.75. The van der Waals surface area contributed by atoms with Gasteiger partial charge in [-0.2, -0.15) is 16.9 Å². The Labute approximate surface area is 129 Å². The predicted octanol–water partition coefficient (Wildman–Crippen LogP) is 1.14. The van der Waals surface area contributed by atoms with Gasteiger partial charge in [-0.15, -0.1) is 0 Å². The second-order valence-corrected chi connectivity index (χ2v) is 8.86. The van der Waals surface area contributed by atoms with E-state index in [2.05, 4.69) is 20.2 Å². The molecule has 6 nitrogen and oxygen atoms in total. The van der Waals surface area contributed by atoms with Gasteiger partial charge in [-0.05, 0) is 38.4 Å². The minimum absolute atomic E-state index is 0.149. The number of aromatic amines is 1. The van der Waals surface area contributed by atoms with Crippen LogP contribution in [0.25, 0.3) is 0 Å². The van der Waals surface area contributed by atoms with Crippen LogP contribution in [0.1, 0.15) is 36.9 Å². The van der Waals surface area contributed by atoms with Crippen LogP contribution in [-0.2, 0) is 16.6 Å². The highest BCUT2D eigenvalue weighted by Gasteiger charge is 2.27. The van der Waals surface area contributed by atoms with E-state index in [1.165, 1.54) is 19.3 Å². The lowest BCUT2D eigenvalue weighted by Gasteiger charge is -2.11. The van der Waals surface area contributed by atoms with Crippen LogP contribution in [0.15, 0.2) is 5.03 Å². The Bertz CT molecular complexity index is 589. The minimum atomic E-state index is -3.53. The molecule has 1 saturated heterocycles. The molecule has 3 N–H and O–H groups in total. The number of sulfonamides is 1. The zero-order valence-corrected chi connectivity index (χ0v) is 13.8. The molecule has 2 aliphatic rings. The largest absolute Gasteiger partial charge is 0.310 e. The van der Waals surface area contributed by atoms with E-state index in [0.29, 0.717) is 24.4 Å². The normalized spacial score (nSPS) is 22.8. The summed E-state index contributed by atoms with van der Waals surface area (Å²) in [7, 11) is -3.53. The summed E-state index contributed by atoms with van der Waals surface area (Å²) in [4.78, 5) is 0. The molecule has 0 radical (unpaired) electrons. The molecule has 0 aromatic carbocycles. The van der Waals surface area contributed by atoms with Crippen molar-refractivity contribution in [2.24, 2.45) is 0 Å². The molecule has 3 rings (SSSR count). The summed E-state index contributed by atoms with van der Waals surface area (Å²) in [6.45, 7) is 2.92. The van der Waals surface area contributed by atoms with Gasteiger partial charge in [-0.3, -0.25) is 5.10 Å². The summed E-state index contributed by atoms with van der Waals surface area (Å²) < 4.78 is 27.6. The van der Waals surface area contributed by atoms with Crippen molar-refractivity contribution in [3.8, 4) is 0 Å². The maximum atomic E-state index is 12.5. The molecular formula is C13H22N4O2S2. The Morgan fingerprint density at radius 3 is 2.86 bits per heavy atom.